The van der Waals surface area contributed by atoms with Crippen molar-refractivity contribution in [2.45, 2.75) is 82.0 Å². The van der Waals surface area contributed by atoms with Gasteiger partial charge in [0.2, 0.25) is 17.8 Å². The Morgan fingerprint density at radius 3 is 2.35 bits per heavy atom. The van der Waals surface area contributed by atoms with Gasteiger partial charge in [0.15, 0.2) is 0 Å². The van der Waals surface area contributed by atoms with E-state index in [9.17, 15) is 24.0 Å². The van der Waals surface area contributed by atoms with E-state index in [1.54, 1.807) is 48.8 Å². The number of piperazine rings is 1. The molecular formula is C41H44ClN9O6. The highest BCUT2D eigenvalue weighted by Crippen LogP contribution is 2.39. The van der Waals surface area contributed by atoms with Gasteiger partial charge in [-0.05, 0) is 69.0 Å². The van der Waals surface area contributed by atoms with Gasteiger partial charge in [0.1, 0.15) is 24.0 Å². The third-order valence-electron chi connectivity index (χ3n) is 11.7. The minimum absolute atomic E-state index is 0.0287. The number of carbonyl (C=O) groups is 5. The molecule has 4 fully saturated rings. The Morgan fingerprint density at radius 2 is 1.65 bits per heavy atom. The van der Waals surface area contributed by atoms with Crippen LogP contribution in [0.3, 0.4) is 0 Å². The second-order valence-corrected chi connectivity index (χ2v) is 15.8. The fourth-order valence-electron chi connectivity index (χ4n) is 8.77. The summed E-state index contributed by atoms with van der Waals surface area (Å²) in [7, 11) is 0. The molecular weight excluding hydrogens is 750 g/mol. The standard InChI is InChI=1S/C41H44ClN9O6/c42-34-21-30(8-4-25(34)22-43)57-31-19-28-6-7-29(20-31)50(28)38(54)26-23-45-41(46-24-26)49-16-14-48(15-17-49)13-3-1-2-12-44-27-5-9-32-33(18-27)40(56)51(39(32)55)35-10-11-36(52)47-37(35)53/h4-5,8-9,18,21,23-24,28-29,31,35,44H,1-3,6-7,10-17,19-20H2,(H,47,52,53)/t28-,29+,31?,35?. The van der Waals surface area contributed by atoms with Crippen LogP contribution in [0.25, 0.3) is 0 Å². The maximum atomic E-state index is 13.6. The highest BCUT2D eigenvalue weighted by molar-refractivity contribution is 6.31. The largest absolute Gasteiger partial charge is 0.490 e. The number of nitrogens with zero attached hydrogens (tertiary/aromatic N) is 7. The average Bonchev–Trinajstić information content (AvgIpc) is 3.63. The minimum Gasteiger partial charge on any atom is -0.490 e. The first-order valence-electron chi connectivity index (χ1n) is 19.7. The van der Waals surface area contributed by atoms with E-state index in [0.29, 0.717) is 34.4 Å². The molecule has 0 aliphatic carbocycles. The zero-order chi connectivity index (χ0) is 39.6. The third-order valence-corrected chi connectivity index (χ3v) is 12.1. The Morgan fingerprint density at radius 1 is 0.912 bits per heavy atom. The second-order valence-electron chi connectivity index (χ2n) is 15.4. The lowest BCUT2D eigenvalue weighted by molar-refractivity contribution is -0.136. The van der Waals surface area contributed by atoms with Crippen molar-refractivity contribution in [1.29, 1.82) is 5.26 Å². The van der Waals surface area contributed by atoms with Crippen LogP contribution in [0.15, 0.2) is 48.8 Å². The van der Waals surface area contributed by atoms with E-state index in [-0.39, 0.29) is 48.1 Å². The summed E-state index contributed by atoms with van der Waals surface area (Å²) in [6, 6.07) is 11.4. The van der Waals surface area contributed by atoms with Crippen molar-refractivity contribution in [2.24, 2.45) is 0 Å². The fourth-order valence-corrected chi connectivity index (χ4v) is 8.99. The normalized spacial score (nSPS) is 23.3. The Hall–Kier alpha value is -5.59. The van der Waals surface area contributed by atoms with E-state index < -0.39 is 29.7 Å². The molecule has 2 N–H and O–H groups in total. The molecule has 6 heterocycles. The summed E-state index contributed by atoms with van der Waals surface area (Å²) < 4.78 is 6.23. The second kappa shape index (κ2) is 16.5. The number of anilines is 2. The SMILES string of the molecule is N#Cc1ccc(OC2C[C@H]3CC[C@@H](C2)N3C(=O)c2cnc(N3CCN(CCCCCNc4ccc5c(c4)C(=O)N(C4CCC(=O)NC4=O)C5=O)CC3)nc2)cc1Cl. The quantitative estimate of drug-likeness (QED) is 0.199. The molecule has 4 atom stereocenters. The van der Waals surface area contributed by atoms with Gasteiger partial charge in [-0.1, -0.05) is 18.0 Å². The molecule has 296 valence electrons. The van der Waals surface area contributed by atoms with Crippen molar-refractivity contribution in [3.8, 4) is 11.8 Å². The number of piperidine rings is 2. The number of nitrogens with one attached hydrogen (secondary N) is 2. The summed E-state index contributed by atoms with van der Waals surface area (Å²) in [4.78, 5) is 80.3. The summed E-state index contributed by atoms with van der Waals surface area (Å²) in [5.41, 5.74) is 2.18. The smallest absolute Gasteiger partial charge is 0.262 e. The van der Waals surface area contributed by atoms with Crippen LogP contribution in [0.4, 0.5) is 11.6 Å². The number of hydrogen-bond donors (Lipinski definition) is 2. The Balaban J connectivity index is 0.736. The van der Waals surface area contributed by atoms with E-state index >= 15 is 0 Å². The van der Waals surface area contributed by atoms with Crippen LogP contribution in [0, 0.1) is 11.3 Å². The van der Waals surface area contributed by atoms with E-state index in [0.717, 1.165) is 88.3 Å². The first-order valence-corrected chi connectivity index (χ1v) is 20.1. The van der Waals surface area contributed by atoms with Gasteiger partial charge in [-0.25, -0.2) is 9.97 Å². The number of carbonyl (C=O) groups excluding carboxylic acids is 5. The van der Waals surface area contributed by atoms with E-state index in [2.05, 4.69) is 36.5 Å². The number of rotatable bonds is 12. The van der Waals surface area contributed by atoms with E-state index in [4.69, 9.17) is 21.6 Å². The van der Waals surface area contributed by atoms with Crippen molar-refractivity contribution < 1.29 is 28.7 Å². The summed E-state index contributed by atoms with van der Waals surface area (Å²) in [6.45, 7) is 5.10. The summed E-state index contributed by atoms with van der Waals surface area (Å²) in [6.07, 6.45) is 9.84. The highest BCUT2D eigenvalue weighted by atomic mass is 35.5. The number of aromatic nitrogens is 2. The van der Waals surface area contributed by atoms with Crippen molar-refractivity contribution in [2.75, 3.05) is 49.5 Å². The summed E-state index contributed by atoms with van der Waals surface area (Å²) >= 11 is 6.20. The zero-order valence-electron chi connectivity index (χ0n) is 31.5. The van der Waals surface area contributed by atoms with Gasteiger partial charge < -0.3 is 19.9 Å². The number of fused-ring (bicyclic) bond motifs is 3. The molecule has 2 aromatic carbocycles. The molecule has 5 amide bonds. The fraction of sp³-hybridized carbons (Fsp3) is 0.463. The van der Waals surface area contributed by atoms with Crippen LogP contribution in [0.2, 0.25) is 5.02 Å². The first-order chi connectivity index (χ1) is 27.7. The molecule has 16 heteroatoms. The number of halogens is 1. The summed E-state index contributed by atoms with van der Waals surface area (Å²) in [5, 5.41) is 15.1. The van der Waals surface area contributed by atoms with E-state index in [1.807, 2.05) is 4.90 Å². The number of imide groups is 2. The minimum atomic E-state index is -0.978. The molecule has 2 bridgehead atoms. The molecule has 57 heavy (non-hydrogen) atoms. The Bertz CT molecular complexity index is 2100. The first kappa shape index (κ1) is 38.3. The Labute approximate surface area is 335 Å². The molecule has 1 aromatic heterocycles. The molecule has 15 nitrogen and oxygen atoms in total. The molecule has 5 aliphatic heterocycles. The van der Waals surface area contributed by atoms with Gasteiger partial charge in [-0.3, -0.25) is 39.1 Å². The van der Waals surface area contributed by atoms with Crippen molar-refractivity contribution in [1.82, 2.24) is 30.0 Å². The van der Waals surface area contributed by atoms with Gasteiger partial charge in [0, 0.05) is 88.2 Å². The van der Waals surface area contributed by atoms with Crippen LogP contribution >= 0.6 is 11.6 Å². The third kappa shape index (κ3) is 8.01. The number of amides is 5. The van der Waals surface area contributed by atoms with Crippen molar-refractivity contribution >= 4 is 52.8 Å². The van der Waals surface area contributed by atoms with Gasteiger partial charge in [-0.15, -0.1) is 0 Å². The van der Waals surface area contributed by atoms with Gasteiger partial charge in [0.25, 0.3) is 17.7 Å². The highest BCUT2D eigenvalue weighted by Gasteiger charge is 2.46. The van der Waals surface area contributed by atoms with Crippen molar-refractivity contribution in [3.63, 3.8) is 0 Å². The number of nitriles is 1. The predicted molar refractivity (Wildman–Crippen MR) is 209 cm³/mol. The van der Waals surface area contributed by atoms with Crippen LogP contribution in [0.1, 0.15) is 94.4 Å². The van der Waals surface area contributed by atoms with Crippen LogP contribution in [-0.4, -0.2) is 118 Å². The topological polar surface area (TPSA) is 181 Å². The average molecular weight is 794 g/mol. The zero-order valence-corrected chi connectivity index (χ0v) is 32.2. The maximum absolute atomic E-state index is 13.6. The molecule has 0 radical (unpaired) electrons. The number of benzene rings is 2. The molecule has 0 saturated carbocycles. The number of hydrogen-bond acceptors (Lipinski definition) is 12. The van der Waals surface area contributed by atoms with Crippen LogP contribution in [0.5, 0.6) is 5.75 Å². The lowest BCUT2D eigenvalue weighted by Gasteiger charge is -2.39. The molecule has 0 spiro atoms. The molecule has 4 saturated heterocycles. The molecule has 3 aromatic rings. The lowest BCUT2D eigenvalue weighted by Crippen LogP contribution is -2.54. The molecule has 5 aliphatic rings. The summed E-state index contributed by atoms with van der Waals surface area (Å²) in [5.74, 6) is -0.807. The lowest BCUT2D eigenvalue weighted by atomic mass is 9.98. The van der Waals surface area contributed by atoms with Crippen molar-refractivity contribution in [3.05, 3.63) is 76.1 Å². The molecule has 2 unspecified atom stereocenters. The predicted octanol–water partition coefficient (Wildman–Crippen LogP) is 4.02. The van der Waals surface area contributed by atoms with Crippen LogP contribution in [-0.2, 0) is 9.59 Å². The number of unbranched alkanes of at least 4 members (excludes halogenated alkanes) is 2. The van der Waals surface area contributed by atoms with E-state index in [1.165, 1.54) is 0 Å². The molecule has 8 rings (SSSR count). The van der Waals surface area contributed by atoms with Gasteiger partial charge in [-0.2, -0.15) is 5.26 Å². The monoisotopic (exact) mass is 793 g/mol. The Kier molecular flexibility index (Phi) is 11.1. The van der Waals surface area contributed by atoms with Gasteiger partial charge in [0.05, 0.1) is 27.3 Å². The maximum Gasteiger partial charge on any atom is 0.262 e. The van der Waals surface area contributed by atoms with Crippen LogP contribution < -0.4 is 20.3 Å². The number of ether oxygens (including phenoxy) is 1. The van der Waals surface area contributed by atoms with Gasteiger partial charge >= 0.3 is 0 Å².